The van der Waals surface area contributed by atoms with Gasteiger partial charge in [-0.15, -0.1) is 11.3 Å². The molecule has 3 nitrogen and oxygen atoms in total. The van der Waals surface area contributed by atoms with E-state index in [1.54, 1.807) is 36.6 Å². The van der Waals surface area contributed by atoms with Crippen molar-refractivity contribution in [3.05, 3.63) is 34.3 Å². The molecule has 4 heteroatoms. The highest BCUT2D eigenvalue weighted by molar-refractivity contribution is 7.12. The Bertz CT molecular complexity index is 380. The van der Waals surface area contributed by atoms with Crippen molar-refractivity contribution >= 4 is 23.4 Å². The average molecular weight is 223 g/mol. The summed E-state index contributed by atoms with van der Waals surface area (Å²) in [5.41, 5.74) is 0. The Hall–Kier alpha value is -1.42. The van der Waals surface area contributed by atoms with Gasteiger partial charge >= 0.3 is 5.97 Å². The van der Waals surface area contributed by atoms with E-state index >= 15 is 0 Å². The molecule has 0 saturated heterocycles. The van der Waals surface area contributed by atoms with Crippen molar-refractivity contribution in [3.63, 3.8) is 0 Å². The number of hydrogen-bond acceptors (Lipinski definition) is 4. The van der Waals surface area contributed by atoms with Gasteiger partial charge in [-0.25, -0.2) is 9.78 Å². The van der Waals surface area contributed by atoms with E-state index in [2.05, 4.69) is 4.98 Å². The van der Waals surface area contributed by atoms with E-state index in [1.165, 1.54) is 6.08 Å². The minimum Gasteiger partial charge on any atom is -0.463 e. The van der Waals surface area contributed by atoms with Crippen molar-refractivity contribution in [3.8, 4) is 0 Å². The van der Waals surface area contributed by atoms with Crippen LogP contribution in [-0.2, 0) is 9.53 Å². The summed E-state index contributed by atoms with van der Waals surface area (Å²) in [5.74, 6) is -0.317. The highest BCUT2D eigenvalue weighted by Gasteiger charge is 1.92. The summed E-state index contributed by atoms with van der Waals surface area (Å²) in [4.78, 5) is 16.1. The van der Waals surface area contributed by atoms with Crippen LogP contribution in [-0.4, -0.2) is 17.6 Å². The molecule has 0 saturated carbocycles. The highest BCUT2D eigenvalue weighted by Crippen LogP contribution is 2.12. The number of hydrogen-bond donors (Lipinski definition) is 0. The number of aromatic nitrogens is 1. The van der Waals surface area contributed by atoms with E-state index in [9.17, 15) is 4.79 Å². The van der Waals surface area contributed by atoms with Crippen LogP contribution in [0.5, 0.6) is 0 Å². The third-order valence-corrected chi connectivity index (χ3v) is 2.41. The van der Waals surface area contributed by atoms with Gasteiger partial charge in [-0.1, -0.05) is 12.2 Å². The molecule has 0 radical (unpaired) electrons. The zero-order chi connectivity index (χ0) is 11.1. The Morgan fingerprint density at radius 1 is 1.60 bits per heavy atom. The number of carbonyl (C=O) groups excluding carboxylic acids is 1. The standard InChI is InChI=1S/C11H13NO2S/c1-3-14-11(13)7-5-4-6-10-8-12-9(2)15-10/h4-8H,3H2,1-2H3/b6-4+,7-5+. The normalized spacial score (nSPS) is 11.3. The molecule has 0 aliphatic heterocycles. The number of thiazole rings is 1. The second-order valence-corrected chi connectivity index (χ2v) is 4.02. The summed E-state index contributed by atoms with van der Waals surface area (Å²) in [7, 11) is 0. The number of esters is 1. The lowest BCUT2D eigenvalue weighted by atomic mass is 10.4. The first-order valence-electron chi connectivity index (χ1n) is 4.66. The average Bonchev–Trinajstić information content (AvgIpc) is 2.60. The third kappa shape index (κ3) is 4.56. The zero-order valence-corrected chi connectivity index (χ0v) is 9.58. The van der Waals surface area contributed by atoms with Gasteiger partial charge in [-0.05, 0) is 19.9 Å². The predicted molar refractivity (Wildman–Crippen MR) is 61.7 cm³/mol. The Balaban J connectivity index is 2.42. The molecule has 0 atom stereocenters. The molecule has 0 aliphatic carbocycles. The molecule has 0 unspecified atom stereocenters. The van der Waals surface area contributed by atoms with Crippen LogP contribution >= 0.6 is 11.3 Å². The summed E-state index contributed by atoms with van der Waals surface area (Å²) >= 11 is 1.61. The Morgan fingerprint density at radius 3 is 3.00 bits per heavy atom. The molecule has 1 rings (SSSR count). The van der Waals surface area contributed by atoms with Gasteiger partial charge in [0.05, 0.1) is 11.6 Å². The van der Waals surface area contributed by atoms with E-state index in [4.69, 9.17) is 4.74 Å². The molecule has 1 aromatic heterocycles. The van der Waals surface area contributed by atoms with Crippen LogP contribution in [0.2, 0.25) is 0 Å². The fraction of sp³-hybridized carbons (Fsp3) is 0.273. The van der Waals surface area contributed by atoms with Crippen molar-refractivity contribution in [2.45, 2.75) is 13.8 Å². The van der Waals surface area contributed by atoms with Gasteiger partial charge in [0.2, 0.25) is 0 Å². The van der Waals surface area contributed by atoms with Crippen molar-refractivity contribution in [2.75, 3.05) is 6.61 Å². The maximum atomic E-state index is 10.9. The largest absolute Gasteiger partial charge is 0.463 e. The number of aryl methyl sites for hydroxylation is 1. The summed E-state index contributed by atoms with van der Waals surface area (Å²) < 4.78 is 4.73. The van der Waals surface area contributed by atoms with Crippen LogP contribution in [0.1, 0.15) is 16.8 Å². The quantitative estimate of drug-likeness (QED) is 0.447. The van der Waals surface area contributed by atoms with E-state index in [0.29, 0.717) is 6.61 Å². The second-order valence-electron chi connectivity index (χ2n) is 2.75. The third-order valence-electron chi connectivity index (χ3n) is 1.53. The Labute approximate surface area is 93.1 Å². The van der Waals surface area contributed by atoms with Gasteiger partial charge in [0.25, 0.3) is 0 Å². The Kier molecular flexibility index (Phi) is 4.77. The van der Waals surface area contributed by atoms with Gasteiger partial charge in [-0.3, -0.25) is 0 Å². The van der Waals surface area contributed by atoms with Crippen molar-refractivity contribution in [1.29, 1.82) is 0 Å². The monoisotopic (exact) mass is 223 g/mol. The molecule has 0 fully saturated rings. The molecule has 0 N–H and O–H groups in total. The molecule has 0 spiro atoms. The lowest BCUT2D eigenvalue weighted by Gasteiger charge is -1.92. The minimum absolute atomic E-state index is 0.317. The minimum atomic E-state index is -0.317. The summed E-state index contributed by atoms with van der Waals surface area (Å²) in [6.07, 6.45) is 8.56. The summed E-state index contributed by atoms with van der Waals surface area (Å²) in [6.45, 7) is 4.14. The number of rotatable bonds is 4. The van der Waals surface area contributed by atoms with E-state index < -0.39 is 0 Å². The molecule has 1 aromatic rings. The molecular weight excluding hydrogens is 210 g/mol. The fourth-order valence-electron chi connectivity index (χ4n) is 0.930. The summed E-state index contributed by atoms with van der Waals surface area (Å²) in [6, 6.07) is 0. The zero-order valence-electron chi connectivity index (χ0n) is 8.77. The second kappa shape index (κ2) is 6.14. The maximum Gasteiger partial charge on any atom is 0.330 e. The van der Waals surface area contributed by atoms with Crippen LogP contribution in [0.25, 0.3) is 6.08 Å². The first-order valence-corrected chi connectivity index (χ1v) is 5.48. The topological polar surface area (TPSA) is 39.2 Å². The smallest absolute Gasteiger partial charge is 0.330 e. The van der Waals surface area contributed by atoms with Crippen molar-refractivity contribution in [2.24, 2.45) is 0 Å². The highest BCUT2D eigenvalue weighted by atomic mass is 32.1. The van der Waals surface area contributed by atoms with Gasteiger partial charge < -0.3 is 4.74 Å². The van der Waals surface area contributed by atoms with Crippen molar-refractivity contribution < 1.29 is 9.53 Å². The van der Waals surface area contributed by atoms with Crippen LogP contribution in [0, 0.1) is 6.92 Å². The van der Waals surface area contributed by atoms with Gasteiger partial charge in [0, 0.05) is 17.2 Å². The van der Waals surface area contributed by atoms with E-state index in [-0.39, 0.29) is 5.97 Å². The number of allylic oxidation sites excluding steroid dienone is 2. The van der Waals surface area contributed by atoms with Crippen LogP contribution in [0.3, 0.4) is 0 Å². The number of ether oxygens (including phenoxy) is 1. The van der Waals surface area contributed by atoms with Crippen molar-refractivity contribution in [1.82, 2.24) is 4.98 Å². The molecule has 0 amide bonds. The molecule has 15 heavy (non-hydrogen) atoms. The first-order chi connectivity index (χ1) is 7.22. The Morgan fingerprint density at radius 2 is 2.40 bits per heavy atom. The van der Waals surface area contributed by atoms with Gasteiger partial charge in [0.15, 0.2) is 0 Å². The molecule has 0 aromatic carbocycles. The van der Waals surface area contributed by atoms with Gasteiger partial charge in [-0.2, -0.15) is 0 Å². The maximum absolute atomic E-state index is 10.9. The van der Waals surface area contributed by atoms with E-state index in [0.717, 1.165) is 9.88 Å². The van der Waals surface area contributed by atoms with Crippen LogP contribution in [0.15, 0.2) is 24.4 Å². The fourth-order valence-corrected chi connectivity index (χ4v) is 1.63. The van der Waals surface area contributed by atoms with Gasteiger partial charge in [0.1, 0.15) is 0 Å². The first kappa shape index (κ1) is 11.7. The molecule has 0 aliphatic rings. The molecule has 0 bridgehead atoms. The lowest BCUT2D eigenvalue weighted by molar-refractivity contribution is -0.137. The molecule has 80 valence electrons. The summed E-state index contributed by atoms with van der Waals surface area (Å²) in [5, 5.41) is 1.03. The number of nitrogens with zero attached hydrogens (tertiary/aromatic N) is 1. The van der Waals surface area contributed by atoms with Crippen LogP contribution in [0.4, 0.5) is 0 Å². The lowest BCUT2D eigenvalue weighted by Crippen LogP contribution is -1.98. The van der Waals surface area contributed by atoms with Crippen LogP contribution < -0.4 is 0 Å². The molecular formula is C11H13NO2S. The predicted octanol–water partition coefficient (Wildman–Crippen LogP) is 2.58. The molecule has 1 heterocycles. The SMILES string of the molecule is CCOC(=O)/C=C/C=C/c1cnc(C)s1. The van der Waals surface area contributed by atoms with E-state index in [1.807, 2.05) is 13.0 Å². The number of carbonyl (C=O) groups is 1.